The molecule has 1 aromatic rings. The first-order valence-corrected chi connectivity index (χ1v) is 7.88. The molecule has 2 rings (SSSR count). The van der Waals surface area contributed by atoms with Crippen LogP contribution in [0, 0.1) is 0 Å². The van der Waals surface area contributed by atoms with E-state index >= 15 is 0 Å². The molecule has 2 N–H and O–H groups in total. The standard InChI is InChI=1S/C13H18N2O4S/c1-9(16)8-14-20(18,19)12-3-4-13-11(7-12)5-6-15(13)10(2)17/h3-4,7,9,14,16H,5-6,8H2,1-2H3/t9-/m0/s1. The third kappa shape index (κ3) is 3.00. The van der Waals surface area contributed by atoms with Crippen molar-refractivity contribution < 1.29 is 18.3 Å². The first-order valence-electron chi connectivity index (χ1n) is 6.40. The number of aliphatic hydroxyl groups excluding tert-OH is 1. The molecule has 0 bridgehead atoms. The number of anilines is 1. The van der Waals surface area contributed by atoms with Crippen LogP contribution in [0.2, 0.25) is 0 Å². The fourth-order valence-electron chi connectivity index (χ4n) is 2.19. The molecule has 0 radical (unpaired) electrons. The van der Waals surface area contributed by atoms with Crippen molar-refractivity contribution in [1.29, 1.82) is 0 Å². The van der Waals surface area contributed by atoms with Crippen LogP contribution in [0.4, 0.5) is 5.69 Å². The van der Waals surface area contributed by atoms with Gasteiger partial charge in [-0.15, -0.1) is 0 Å². The van der Waals surface area contributed by atoms with Crippen molar-refractivity contribution in [2.75, 3.05) is 18.0 Å². The average molecular weight is 298 g/mol. The Bertz CT molecular complexity index is 625. The average Bonchev–Trinajstić information content (AvgIpc) is 2.79. The number of rotatable bonds is 4. The van der Waals surface area contributed by atoms with Gasteiger partial charge in [-0.1, -0.05) is 0 Å². The molecule has 0 saturated heterocycles. The van der Waals surface area contributed by atoms with Gasteiger partial charge < -0.3 is 10.0 Å². The van der Waals surface area contributed by atoms with Gasteiger partial charge in [-0.2, -0.15) is 0 Å². The maximum atomic E-state index is 12.0. The van der Waals surface area contributed by atoms with E-state index in [1.807, 2.05) is 0 Å². The maximum Gasteiger partial charge on any atom is 0.240 e. The van der Waals surface area contributed by atoms with Gasteiger partial charge in [0.25, 0.3) is 0 Å². The largest absolute Gasteiger partial charge is 0.392 e. The van der Waals surface area contributed by atoms with E-state index < -0.39 is 16.1 Å². The van der Waals surface area contributed by atoms with E-state index in [4.69, 9.17) is 5.11 Å². The van der Waals surface area contributed by atoms with E-state index in [0.717, 1.165) is 11.3 Å². The molecule has 0 fully saturated rings. The van der Waals surface area contributed by atoms with E-state index in [-0.39, 0.29) is 17.3 Å². The Balaban J connectivity index is 2.27. The van der Waals surface area contributed by atoms with Crippen molar-refractivity contribution in [1.82, 2.24) is 4.72 Å². The Hall–Kier alpha value is -1.44. The van der Waals surface area contributed by atoms with Crippen LogP contribution in [0.1, 0.15) is 19.4 Å². The Labute approximate surface area is 118 Å². The van der Waals surface area contributed by atoms with E-state index in [1.54, 1.807) is 17.0 Å². The van der Waals surface area contributed by atoms with Crippen LogP contribution in [0.3, 0.4) is 0 Å². The van der Waals surface area contributed by atoms with Crippen LogP contribution in [-0.2, 0) is 21.2 Å². The maximum absolute atomic E-state index is 12.0. The van der Waals surface area contributed by atoms with Crippen molar-refractivity contribution in [3.05, 3.63) is 23.8 Å². The second-order valence-corrected chi connectivity index (χ2v) is 6.68. The molecule has 0 saturated carbocycles. The molecular weight excluding hydrogens is 280 g/mol. The monoisotopic (exact) mass is 298 g/mol. The first-order chi connectivity index (χ1) is 9.31. The molecule has 1 aliphatic rings. The summed E-state index contributed by atoms with van der Waals surface area (Å²) in [7, 11) is -3.63. The SMILES string of the molecule is CC(=O)N1CCc2cc(S(=O)(=O)NC[C@H](C)O)ccc21. The van der Waals surface area contributed by atoms with Crippen LogP contribution >= 0.6 is 0 Å². The highest BCUT2D eigenvalue weighted by Crippen LogP contribution is 2.30. The summed E-state index contributed by atoms with van der Waals surface area (Å²) in [6, 6.07) is 4.72. The molecular formula is C13H18N2O4S. The molecule has 0 spiro atoms. The van der Waals surface area contributed by atoms with Crippen LogP contribution < -0.4 is 9.62 Å². The zero-order valence-electron chi connectivity index (χ0n) is 11.5. The number of carbonyl (C=O) groups excluding carboxylic acids is 1. The number of amides is 1. The summed E-state index contributed by atoms with van der Waals surface area (Å²) in [5.74, 6) is -0.0495. The molecule has 1 aromatic carbocycles. The number of fused-ring (bicyclic) bond motifs is 1. The molecule has 1 heterocycles. The normalized spacial score (nSPS) is 16.1. The van der Waals surface area contributed by atoms with Crippen LogP contribution in [0.5, 0.6) is 0 Å². The molecule has 0 unspecified atom stereocenters. The van der Waals surface area contributed by atoms with Gasteiger partial charge in [-0.3, -0.25) is 4.79 Å². The van der Waals surface area contributed by atoms with E-state index in [2.05, 4.69) is 4.72 Å². The molecule has 6 nitrogen and oxygen atoms in total. The highest BCUT2D eigenvalue weighted by atomic mass is 32.2. The minimum atomic E-state index is -3.63. The summed E-state index contributed by atoms with van der Waals surface area (Å²) < 4.78 is 26.4. The molecule has 20 heavy (non-hydrogen) atoms. The lowest BCUT2D eigenvalue weighted by Gasteiger charge is -2.15. The van der Waals surface area contributed by atoms with Gasteiger partial charge in [0, 0.05) is 25.7 Å². The van der Waals surface area contributed by atoms with Crippen LogP contribution in [0.25, 0.3) is 0 Å². The summed E-state index contributed by atoms with van der Waals surface area (Å²) in [6.45, 7) is 3.55. The summed E-state index contributed by atoms with van der Waals surface area (Å²) >= 11 is 0. The molecule has 1 aliphatic heterocycles. The molecule has 7 heteroatoms. The lowest BCUT2D eigenvalue weighted by molar-refractivity contribution is -0.116. The minimum absolute atomic E-state index is 0.0288. The van der Waals surface area contributed by atoms with Gasteiger partial charge in [-0.25, -0.2) is 13.1 Å². The predicted octanol–water partition coefficient (Wildman–Crippen LogP) is 0.255. The van der Waals surface area contributed by atoms with Crippen molar-refractivity contribution in [3.8, 4) is 0 Å². The van der Waals surface area contributed by atoms with Gasteiger partial charge in [0.1, 0.15) is 0 Å². The molecule has 1 atom stereocenters. The Morgan fingerprint density at radius 2 is 2.20 bits per heavy atom. The van der Waals surface area contributed by atoms with Crippen molar-refractivity contribution in [2.24, 2.45) is 0 Å². The molecule has 1 amide bonds. The summed E-state index contributed by atoms with van der Waals surface area (Å²) in [5.41, 5.74) is 1.62. The van der Waals surface area contributed by atoms with E-state index in [0.29, 0.717) is 13.0 Å². The van der Waals surface area contributed by atoms with Gasteiger partial charge in [0.2, 0.25) is 15.9 Å². The van der Waals surface area contributed by atoms with Crippen molar-refractivity contribution in [3.63, 3.8) is 0 Å². The van der Waals surface area contributed by atoms with Crippen molar-refractivity contribution >= 4 is 21.6 Å². The van der Waals surface area contributed by atoms with Gasteiger partial charge >= 0.3 is 0 Å². The van der Waals surface area contributed by atoms with Gasteiger partial charge in [0.05, 0.1) is 11.0 Å². The molecule has 0 aliphatic carbocycles. The third-order valence-electron chi connectivity index (χ3n) is 3.21. The highest BCUT2D eigenvalue weighted by molar-refractivity contribution is 7.89. The zero-order chi connectivity index (χ0) is 14.9. The van der Waals surface area contributed by atoms with E-state index in [9.17, 15) is 13.2 Å². The van der Waals surface area contributed by atoms with E-state index in [1.165, 1.54) is 19.9 Å². The lowest BCUT2D eigenvalue weighted by atomic mass is 10.2. The van der Waals surface area contributed by atoms with Gasteiger partial charge in [-0.05, 0) is 37.1 Å². The summed E-state index contributed by atoms with van der Waals surface area (Å²) in [4.78, 5) is 13.2. The topological polar surface area (TPSA) is 86.7 Å². The second kappa shape index (κ2) is 5.51. The number of nitrogens with zero attached hydrogens (tertiary/aromatic N) is 1. The summed E-state index contributed by atoms with van der Waals surface area (Å²) in [5, 5.41) is 9.14. The minimum Gasteiger partial charge on any atom is -0.392 e. The third-order valence-corrected chi connectivity index (χ3v) is 4.63. The lowest BCUT2D eigenvalue weighted by Crippen LogP contribution is -2.30. The quantitative estimate of drug-likeness (QED) is 0.834. The molecule has 110 valence electrons. The number of sulfonamides is 1. The Kier molecular flexibility index (Phi) is 4.12. The number of nitrogens with one attached hydrogen (secondary N) is 1. The number of benzene rings is 1. The second-order valence-electron chi connectivity index (χ2n) is 4.91. The zero-order valence-corrected chi connectivity index (χ0v) is 12.3. The Morgan fingerprint density at radius 3 is 2.80 bits per heavy atom. The fraction of sp³-hybridized carbons (Fsp3) is 0.462. The number of hydrogen-bond acceptors (Lipinski definition) is 4. The number of aliphatic hydroxyl groups is 1. The smallest absolute Gasteiger partial charge is 0.240 e. The van der Waals surface area contributed by atoms with Gasteiger partial charge in [0.15, 0.2) is 0 Å². The molecule has 0 aromatic heterocycles. The summed E-state index contributed by atoms with van der Waals surface area (Å²) in [6.07, 6.45) is -0.0956. The first kappa shape index (κ1) is 15.0. The van der Waals surface area contributed by atoms with Crippen LogP contribution in [-0.4, -0.2) is 38.6 Å². The fourth-order valence-corrected chi connectivity index (χ4v) is 3.36. The Morgan fingerprint density at radius 1 is 1.50 bits per heavy atom. The van der Waals surface area contributed by atoms with Crippen molar-refractivity contribution in [2.45, 2.75) is 31.3 Å². The number of carbonyl (C=O) groups is 1. The highest BCUT2D eigenvalue weighted by Gasteiger charge is 2.24. The predicted molar refractivity (Wildman–Crippen MR) is 75.0 cm³/mol. The van der Waals surface area contributed by atoms with Crippen LogP contribution in [0.15, 0.2) is 23.1 Å². The number of hydrogen-bond donors (Lipinski definition) is 2.